The lowest BCUT2D eigenvalue weighted by molar-refractivity contribution is -0.144. The topological polar surface area (TPSA) is 93.2 Å². The number of anilines is 1. The van der Waals surface area contributed by atoms with E-state index in [0.717, 1.165) is 0 Å². The van der Waals surface area contributed by atoms with Gasteiger partial charge in [0.15, 0.2) is 11.5 Å². The van der Waals surface area contributed by atoms with Gasteiger partial charge in [-0.3, -0.25) is 4.79 Å². The van der Waals surface area contributed by atoms with E-state index < -0.39 is 17.6 Å². The molecular weight excluding hydrogens is 439 g/mol. The molecule has 0 aliphatic heterocycles. The molecule has 2 aromatic carbocycles. The molecule has 11 heteroatoms. The van der Waals surface area contributed by atoms with Crippen LogP contribution in [0.25, 0.3) is 21.8 Å². The summed E-state index contributed by atoms with van der Waals surface area (Å²) in [7, 11) is 2.93. The standard InChI is InChI=1S/C22H20F3N5O3/c1-4-30(19-12-7-5-6-8-14(12)27-21(29-19)22(23,24)25)11-18-26-15-10-17(33-3)16(32-2)9-13(15)20(31)28-18/h5-10H,4,11H2,1-3H3,(H,26,28,31). The van der Waals surface area contributed by atoms with Crippen molar-refractivity contribution in [3.8, 4) is 11.5 Å². The third-order valence-electron chi connectivity index (χ3n) is 5.12. The van der Waals surface area contributed by atoms with Gasteiger partial charge in [-0.2, -0.15) is 13.2 Å². The van der Waals surface area contributed by atoms with E-state index in [0.29, 0.717) is 34.3 Å². The molecule has 4 aromatic rings. The summed E-state index contributed by atoms with van der Waals surface area (Å²) in [6.45, 7) is 2.11. The molecule has 0 radical (unpaired) electrons. The molecule has 4 rings (SSSR count). The first-order valence-corrected chi connectivity index (χ1v) is 9.99. The van der Waals surface area contributed by atoms with Gasteiger partial charge in [-0.1, -0.05) is 12.1 Å². The molecule has 1 N–H and O–H groups in total. The van der Waals surface area contributed by atoms with Crippen molar-refractivity contribution < 1.29 is 22.6 Å². The number of ether oxygens (including phenoxy) is 2. The molecule has 0 unspecified atom stereocenters. The predicted octanol–water partition coefficient (Wildman–Crippen LogP) is 3.93. The van der Waals surface area contributed by atoms with Gasteiger partial charge in [0.25, 0.3) is 5.56 Å². The quantitative estimate of drug-likeness (QED) is 0.467. The second-order valence-corrected chi connectivity index (χ2v) is 7.14. The number of nitrogens with one attached hydrogen (secondary N) is 1. The number of aromatic nitrogens is 4. The first-order chi connectivity index (χ1) is 15.7. The molecule has 2 heterocycles. The maximum Gasteiger partial charge on any atom is 0.451 e. The molecule has 0 saturated carbocycles. The van der Waals surface area contributed by atoms with E-state index in [1.807, 2.05) is 0 Å². The van der Waals surface area contributed by atoms with E-state index in [-0.39, 0.29) is 23.7 Å². The zero-order chi connectivity index (χ0) is 23.8. The van der Waals surface area contributed by atoms with Crippen molar-refractivity contribution in [3.05, 3.63) is 58.4 Å². The molecule has 0 bridgehead atoms. The van der Waals surface area contributed by atoms with Gasteiger partial charge >= 0.3 is 6.18 Å². The number of benzene rings is 2. The Kier molecular flexibility index (Phi) is 5.79. The van der Waals surface area contributed by atoms with Crippen LogP contribution in [-0.2, 0) is 12.7 Å². The molecule has 172 valence electrons. The third-order valence-corrected chi connectivity index (χ3v) is 5.12. The summed E-state index contributed by atoms with van der Waals surface area (Å²) < 4.78 is 50.8. The van der Waals surface area contributed by atoms with Crippen molar-refractivity contribution in [2.24, 2.45) is 0 Å². The fraction of sp³-hybridized carbons (Fsp3) is 0.273. The lowest BCUT2D eigenvalue weighted by atomic mass is 10.2. The highest BCUT2D eigenvalue weighted by Crippen LogP contribution is 2.33. The highest BCUT2D eigenvalue weighted by atomic mass is 19.4. The van der Waals surface area contributed by atoms with Gasteiger partial charge in [0, 0.05) is 18.0 Å². The van der Waals surface area contributed by atoms with Gasteiger partial charge < -0.3 is 19.4 Å². The van der Waals surface area contributed by atoms with Crippen LogP contribution in [0.1, 0.15) is 18.6 Å². The molecule has 0 saturated heterocycles. The normalized spacial score (nSPS) is 11.7. The van der Waals surface area contributed by atoms with Crippen LogP contribution >= 0.6 is 0 Å². The van der Waals surface area contributed by atoms with Gasteiger partial charge in [0.05, 0.1) is 37.2 Å². The predicted molar refractivity (Wildman–Crippen MR) is 117 cm³/mol. The molecule has 33 heavy (non-hydrogen) atoms. The van der Waals surface area contributed by atoms with E-state index >= 15 is 0 Å². The number of nitrogens with zero attached hydrogens (tertiary/aromatic N) is 4. The molecule has 0 aliphatic rings. The molecule has 0 atom stereocenters. The Morgan fingerprint density at radius 3 is 2.33 bits per heavy atom. The number of aromatic amines is 1. The van der Waals surface area contributed by atoms with Crippen molar-refractivity contribution in [3.63, 3.8) is 0 Å². The molecule has 0 fully saturated rings. The van der Waals surface area contributed by atoms with Gasteiger partial charge in [-0.05, 0) is 25.1 Å². The Bertz CT molecular complexity index is 1390. The lowest BCUT2D eigenvalue weighted by Crippen LogP contribution is -2.27. The number of alkyl halides is 3. The number of para-hydroxylation sites is 1. The van der Waals surface area contributed by atoms with Gasteiger partial charge in [0.1, 0.15) is 11.6 Å². The molecule has 8 nitrogen and oxygen atoms in total. The first-order valence-electron chi connectivity index (χ1n) is 9.99. The largest absolute Gasteiger partial charge is 0.493 e. The van der Waals surface area contributed by atoms with Crippen LogP contribution in [0.15, 0.2) is 41.2 Å². The van der Waals surface area contributed by atoms with Crippen LogP contribution in [0.4, 0.5) is 19.0 Å². The summed E-state index contributed by atoms with van der Waals surface area (Å²) >= 11 is 0. The van der Waals surface area contributed by atoms with Crippen LogP contribution in [0, 0.1) is 0 Å². The van der Waals surface area contributed by atoms with Gasteiger partial charge in [0.2, 0.25) is 5.82 Å². The number of halogens is 3. The average Bonchev–Trinajstić information content (AvgIpc) is 2.80. The zero-order valence-electron chi connectivity index (χ0n) is 18.0. The number of hydrogen-bond donors (Lipinski definition) is 1. The molecule has 0 amide bonds. The molecule has 0 spiro atoms. The fourth-order valence-corrected chi connectivity index (χ4v) is 3.53. The second-order valence-electron chi connectivity index (χ2n) is 7.14. The van der Waals surface area contributed by atoms with Crippen molar-refractivity contribution in [1.29, 1.82) is 0 Å². The Balaban J connectivity index is 1.81. The summed E-state index contributed by atoms with van der Waals surface area (Å²) in [5.41, 5.74) is 0.131. The number of methoxy groups -OCH3 is 2. The SMILES string of the molecule is CCN(Cc1nc2cc(OC)c(OC)cc2c(=O)[nH]1)c1nc(C(F)(F)F)nc2ccccc12. The summed E-state index contributed by atoms with van der Waals surface area (Å²) in [5, 5.41) is 0.758. The smallest absolute Gasteiger partial charge is 0.451 e. The Morgan fingerprint density at radius 1 is 0.970 bits per heavy atom. The van der Waals surface area contributed by atoms with Crippen molar-refractivity contribution >= 4 is 27.6 Å². The fourth-order valence-electron chi connectivity index (χ4n) is 3.53. The van der Waals surface area contributed by atoms with E-state index in [1.54, 1.807) is 36.1 Å². The van der Waals surface area contributed by atoms with Crippen LogP contribution in [-0.4, -0.2) is 40.7 Å². The minimum absolute atomic E-state index is 0.0222. The highest BCUT2D eigenvalue weighted by Gasteiger charge is 2.36. The van der Waals surface area contributed by atoms with Crippen LogP contribution in [0.2, 0.25) is 0 Å². The van der Waals surface area contributed by atoms with Crippen molar-refractivity contribution in [2.45, 2.75) is 19.6 Å². The summed E-state index contributed by atoms with van der Waals surface area (Å²) in [4.78, 5) is 28.9. The Hall–Kier alpha value is -3.89. The third kappa shape index (κ3) is 4.26. The number of rotatable bonds is 6. The van der Waals surface area contributed by atoms with Crippen LogP contribution < -0.4 is 19.9 Å². The first kappa shape index (κ1) is 22.3. The summed E-state index contributed by atoms with van der Waals surface area (Å²) in [5.74, 6) is -0.0832. The second kappa shape index (κ2) is 8.57. The minimum atomic E-state index is -4.71. The number of H-pyrrole nitrogens is 1. The number of hydrogen-bond acceptors (Lipinski definition) is 7. The van der Waals surface area contributed by atoms with E-state index in [2.05, 4.69) is 19.9 Å². The Labute approximate surface area is 186 Å². The summed E-state index contributed by atoms with van der Waals surface area (Å²) in [6, 6.07) is 9.56. The summed E-state index contributed by atoms with van der Waals surface area (Å²) in [6.07, 6.45) is -4.71. The Morgan fingerprint density at radius 2 is 1.67 bits per heavy atom. The van der Waals surface area contributed by atoms with Crippen LogP contribution in [0.5, 0.6) is 11.5 Å². The van der Waals surface area contributed by atoms with E-state index in [4.69, 9.17) is 9.47 Å². The van der Waals surface area contributed by atoms with Gasteiger partial charge in [-0.15, -0.1) is 0 Å². The molecular formula is C22H20F3N5O3. The zero-order valence-corrected chi connectivity index (χ0v) is 18.0. The minimum Gasteiger partial charge on any atom is -0.493 e. The lowest BCUT2D eigenvalue weighted by Gasteiger charge is -2.23. The van der Waals surface area contributed by atoms with Gasteiger partial charge in [-0.25, -0.2) is 15.0 Å². The maximum atomic E-state index is 13.4. The van der Waals surface area contributed by atoms with Crippen molar-refractivity contribution in [2.75, 3.05) is 25.7 Å². The maximum absolute atomic E-state index is 13.4. The van der Waals surface area contributed by atoms with E-state index in [1.165, 1.54) is 26.4 Å². The highest BCUT2D eigenvalue weighted by molar-refractivity contribution is 5.89. The van der Waals surface area contributed by atoms with Crippen LogP contribution in [0.3, 0.4) is 0 Å². The van der Waals surface area contributed by atoms with E-state index in [9.17, 15) is 18.0 Å². The molecule has 0 aliphatic carbocycles. The average molecular weight is 459 g/mol. The monoisotopic (exact) mass is 459 g/mol. The van der Waals surface area contributed by atoms with Crippen molar-refractivity contribution in [1.82, 2.24) is 19.9 Å². The number of fused-ring (bicyclic) bond motifs is 2. The molecule has 2 aromatic heterocycles.